The predicted molar refractivity (Wildman–Crippen MR) is 87.7 cm³/mol. The Balaban J connectivity index is 1.72. The van der Waals surface area contributed by atoms with Gasteiger partial charge in [0.05, 0.1) is 11.6 Å². The first-order chi connectivity index (χ1) is 10.1. The van der Waals surface area contributed by atoms with Crippen molar-refractivity contribution in [2.45, 2.75) is 63.6 Å². The van der Waals surface area contributed by atoms with Crippen molar-refractivity contribution in [3.05, 3.63) is 29.8 Å². The summed E-state index contributed by atoms with van der Waals surface area (Å²) in [4.78, 5) is 2.49. The van der Waals surface area contributed by atoms with Crippen molar-refractivity contribution in [2.75, 3.05) is 18.4 Å². The van der Waals surface area contributed by atoms with Gasteiger partial charge in [-0.2, -0.15) is 0 Å². The Morgan fingerprint density at radius 1 is 1.24 bits per heavy atom. The Bertz CT molecular complexity index is 488. The van der Waals surface area contributed by atoms with Crippen molar-refractivity contribution in [3.63, 3.8) is 0 Å². The number of nitrogens with zero attached hydrogens (tertiary/aromatic N) is 1. The third-order valence-corrected chi connectivity index (χ3v) is 5.32. The van der Waals surface area contributed by atoms with E-state index >= 15 is 0 Å². The molecule has 3 heteroatoms. The van der Waals surface area contributed by atoms with E-state index in [1.165, 1.54) is 11.3 Å². The minimum Gasteiger partial charge on any atom is -0.388 e. The average Bonchev–Trinajstić information content (AvgIpc) is 2.70. The summed E-state index contributed by atoms with van der Waals surface area (Å²) in [6.45, 7) is 6.62. The minimum absolute atomic E-state index is 0.194. The van der Waals surface area contributed by atoms with Crippen molar-refractivity contribution in [1.29, 1.82) is 0 Å². The number of fused-ring (bicyclic) bond motifs is 1. The SMILES string of the molecule is CC(C)N1CCCC(O)(C2CCc3ccccc3N2)CC1. The van der Waals surface area contributed by atoms with E-state index in [2.05, 4.69) is 48.3 Å². The number of likely N-dealkylation sites (tertiary alicyclic amines) is 1. The summed E-state index contributed by atoms with van der Waals surface area (Å²) in [6.07, 6.45) is 4.99. The highest BCUT2D eigenvalue weighted by Gasteiger charge is 2.39. The van der Waals surface area contributed by atoms with Gasteiger partial charge in [0.15, 0.2) is 0 Å². The summed E-state index contributed by atoms with van der Waals surface area (Å²) in [7, 11) is 0. The van der Waals surface area contributed by atoms with Crippen molar-refractivity contribution in [3.8, 4) is 0 Å². The molecule has 2 heterocycles. The molecular weight excluding hydrogens is 260 g/mol. The van der Waals surface area contributed by atoms with Crippen molar-refractivity contribution in [1.82, 2.24) is 4.90 Å². The van der Waals surface area contributed by atoms with Gasteiger partial charge in [0, 0.05) is 18.3 Å². The number of rotatable bonds is 2. The Morgan fingerprint density at radius 2 is 2.05 bits per heavy atom. The fourth-order valence-corrected chi connectivity index (χ4v) is 3.87. The molecule has 0 aromatic heterocycles. The molecule has 2 unspecified atom stereocenters. The van der Waals surface area contributed by atoms with Gasteiger partial charge in [-0.15, -0.1) is 0 Å². The van der Waals surface area contributed by atoms with E-state index in [4.69, 9.17) is 0 Å². The molecule has 0 aliphatic carbocycles. The molecule has 2 atom stereocenters. The van der Waals surface area contributed by atoms with E-state index in [-0.39, 0.29) is 6.04 Å². The third kappa shape index (κ3) is 3.09. The molecule has 116 valence electrons. The molecule has 0 saturated carbocycles. The summed E-state index contributed by atoms with van der Waals surface area (Å²) in [5, 5.41) is 14.8. The van der Waals surface area contributed by atoms with Crippen LogP contribution >= 0.6 is 0 Å². The molecule has 3 nitrogen and oxygen atoms in total. The van der Waals surface area contributed by atoms with Gasteiger partial charge in [-0.3, -0.25) is 0 Å². The zero-order chi connectivity index (χ0) is 14.9. The highest BCUT2D eigenvalue weighted by Crippen LogP contribution is 2.34. The van der Waals surface area contributed by atoms with Gasteiger partial charge in [0.2, 0.25) is 0 Å². The maximum absolute atomic E-state index is 11.2. The summed E-state index contributed by atoms with van der Waals surface area (Å²) < 4.78 is 0. The van der Waals surface area contributed by atoms with E-state index < -0.39 is 5.60 Å². The quantitative estimate of drug-likeness (QED) is 0.878. The first kappa shape index (κ1) is 14.9. The fourth-order valence-electron chi connectivity index (χ4n) is 3.87. The van der Waals surface area contributed by atoms with Gasteiger partial charge in [-0.05, 0) is 64.1 Å². The van der Waals surface area contributed by atoms with E-state index in [0.29, 0.717) is 6.04 Å². The van der Waals surface area contributed by atoms with Crippen LogP contribution in [0.5, 0.6) is 0 Å². The van der Waals surface area contributed by atoms with Crippen molar-refractivity contribution < 1.29 is 5.11 Å². The van der Waals surface area contributed by atoms with E-state index in [1.54, 1.807) is 0 Å². The second kappa shape index (κ2) is 5.98. The van der Waals surface area contributed by atoms with Gasteiger partial charge < -0.3 is 15.3 Å². The molecule has 0 spiro atoms. The third-order valence-electron chi connectivity index (χ3n) is 5.32. The van der Waals surface area contributed by atoms with Crippen LogP contribution in [0.2, 0.25) is 0 Å². The smallest absolute Gasteiger partial charge is 0.0860 e. The summed E-state index contributed by atoms with van der Waals surface area (Å²) in [6, 6.07) is 9.28. The van der Waals surface area contributed by atoms with Crippen molar-refractivity contribution in [2.24, 2.45) is 0 Å². The van der Waals surface area contributed by atoms with Gasteiger partial charge in [0.1, 0.15) is 0 Å². The normalized spacial score (nSPS) is 30.6. The lowest BCUT2D eigenvalue weighted by Gasteiger charge is -2.40. The zero-order valence-electron chi connectivity index (χ0n) is 13.3. The molecule has 0 amide bonds. The molecule has 1 fully saturated rings. The monoisotopic (exact) mass is 288 g/mol. The number of aliphatic hydroxyl groups is 1. The Labute approximate surface area is 128 Å². The van der Waals surface area contributed by atoms with Gasteiger partial charge in [-0.25, -0.2) is 0 Å². The molecule has 2 N–H and O–H groups in total. The number of hydrogen-bond donors (Lipinski definition) is 2. The molecule has 2 aliphatic heterocycles. The standard InChI is InChI=1S/C18H28N2O/c1-14(2)20-12-5-10-18(21,11-13-20)17-9-8-15-6-3-4-7-16(15)19-17/h3-4,6-7,14,17,19,21H,5,8-13H2,1-2H3. The van der Waals surface area contributed by atoms with Crippen LogP contribution in [0.15, 0.2) is 24.3 Å². The first-order valence-electron chi connectivity index (χ1n) is 8.39. The lowest BCUT2D eigenvalue weighted by Crippen LogP contribution is -2.49. The molecule has 3 rings (SSSR count). The summed E-state index contributed by atoms with van der Waals surface area (Å²) in [5.74, 6) is 0. The van der Waals surface area contributed by atoms with E-state index in [9.17, 15) is 5.11 Å². The van der Waals surface area contributed by atoms with Crippen LogP contribution in [0.4, 0.5) is 5.69 Å². The zero-order valence-corrected chi connectivity index (χ0v) is 13.3. The second-order valence-electron chi connectivity index (χ2n) is 6.98. The summed E-state index contributed by atoms with van der Waals surface area (Å²) in [5.41, 5.74) is 2.04. The van der Waals surface area contributed by atoms with E-state index in [0.717, 1.165) is 45.2 Å². The molecule has 21 heavy (non-hydrogen) atoms. The lowest BCUT2D eigenvalue weighted by molar-refractivity contribution is 0.00276. The lowest BCUT2D eigenvalue weighted by atomic mass is 9.81. The van der Waals surface area contributed by atoms with Gasteiger partial charge >= 0.3 is 0 Å². The van der Waals surface area contributed by atoms with Gasteiger partial charge in [0.25, 0.3) is 0 Å². The maximum atomic E-state index is 11.2. The fraction of sp³-hybridized carbons (Fsp3) is 0.667. The Hall–Kier alpha value is -1.06. The van der Waals surface area contributed by atoms with Crippen LogP contribution in [-0.2, 0) is 6.42 Å². The highest BCUT2D eigenvalue weighted by molar-refractivity contribution is 5.54. The largest absolute Gasteiger partial charge is 0.388 e. The molecule has 0 radical (unpaired) electrons. The number of para-hydroxylation sites is 1. The summed E-state index contributed by atoms with van der Waals surface area (Å²) >= 11 is 0. The van der Waals surface area contributed by atoms with E-state index in [1.807, 2.05) is 0 Å². The van der Waals surface area contributed by atoms with Crippen LogP contribution in [0, 0.1) is 0 Å². The number of benzene rings is 1. The molecular formula is C18H28N2O. The number of nitrogens with one attached hydrogen (secondary N) is 1. The van der Waals surface area contributed by atoms with Crippen LogP contribution < -0.4 is 5.32 Å². The topological polar surface area (TPSA) is 35.5 Å². The Morgan fingerprint density at radius 3 is 2.86 bits per heavy atom. The van der Waals surface area contributed by atoms with Crippen LogP contribution in [-0.4, -0.2) is 40.8 Å². The molecule has 1 aromatic carbocycles. The molecule has 0 bridgehead atoms. The number of anilines is 1. The van der Waals surface area contributed by atoms with Gasteiger partial charge in [-0.1, -0.05) is 18.2 Å². The van der Waals surface area contributed by atoms with Crippen LogP contribution in [0.1, 0.15) is 45.1 Å². The Kier molecular flexibility index (Phi) is 4.23. The number of hydrogen-bond acceptors (Lipinski definition) is 3. The average molecular weight is 288 g/mol. The minimum atomic E-state index is -0.558. The van der Waals surface area contributed by atoms with Crippen LogP contribution in [0.25, 0.3) is 0 Å². The maximum Gasteiger partial charge on any atom is 0.0860 e. The molecule has 1 aromatic rings. The second-order valence-corrected chi connectivity index (χ2v) is 6.98. The molecule has 2 aliphatic rings. The van der Waals surface area contributed by atoms with Crippen molar-refractivity contribution >= 4 is 5.69 Å². The first-order valence-corrected chi connectivity index (χ1v) is 8.39. The number of aryl methyl sites for hydroxylation is 1. The molecule has 1 saturated heterocycles. The van der Waals surface area contributed by atoms with Crippen LogP contribution in [0.3, 0.4) is 0 Å². The predicted octanol–water partition coefficient (Wildman–Crippen LogP) is 3.04. The highest BCUT2D eigenvalue weighted by atomic mass is 16.3.